The molecule has 0 heterocycles. The molecule has 0 fully saturated rings. The molecule has 0 radical (unpaired) electrons. The summed E-state index contributed by atoms with van der Waals surface area (Å²) in [4.78, 5) is 38.4. The summed E-state index contributed by atoms with van der Waals surface area (Å²) in [5, 5.41) is 0. The van der Waals surface area contributed by atoms with E-state index in [9.17, 15) is 14.4 Å². The maximum absolute atomic E-state index is 12.9. The van der Waals surface area contributed by atoms with Crippen molar-refractivity contribution in [2.75, 3.05) is 13.2 Å². The lowest BCUT2D eigenvalue weighted by Gasteiger charge is -2.18. The van der Waals surface area contributed by atoms with Gasteiger partial charge in [-0.1, -0.05) is 326 Å². The van der Waals surface area contributed by atoms with Gasteiger partial charge in [-0.15, -0.1) is 0 Å². The predicted octanol–water partition coefficient (Wildman–Crippen LogP) is 24.1. The van der Waals surface area contributed by atoms with Gasteiger partial charge in [0.2, 0.25) is 0 Å². The Morgan fingerprint density at radius 3 is 0.696 bits per heavy atom. The van der Waals surface area contributed by atoms with Crippen LogP contribution in [0, 0.1) is 0 Å². The van der Waals surface area contributed by atoms with E-state index in [2.05, 4.69) is 69.4 Å². The van der Waals surface area contributed by atoms with Crippen LogP contribution < -0.4 is 0 Å². The number of allylic oxidation sites excluding steroid dienone is 8. The Morgan fingerprint density at radius 2 is 0.456 bits per heavy atom. The molecule has 462 valence electrons. The second-order valence-electron chi connectivity index (χ2n) is 23.8. The van der Waals surface area contributed by atoms with E-state index < -0.39 is 6.10 Å². The van der Waals surface area contributed by atoms with E-state index in [1.54, 1.807) is 0 Å². The summed E-state index contributed by atoms with van der Waals surface area (Å²) in [5.74, 6) is -0.848. The molecule has 0 aromatic heterocycles. The summed E-state index contributed by atoms with van der Waals surface area (Å²) in [7, 11) is 0. The second-order valence-corrected chi connectivity index (χ2v) is 23.8. The highest BCUT2D eigenvalue weighted by molar-refractivity contribution is 5.71. The molecule has 0 rings (SSSR count). The molecule has 0 saturated heterocycles. The van der Waals surface area contributed by atoms with Crippen molar-refractivity contribution in [3.05, 3.63) is 48.6 Å². The van der Waals surface area contributed by atoms with Gasteiger partial charge in [-0.2, -0.15) is 0 Å². The number of esters is 3. The molecule has 0 aromatic carbocycles. The first-order valence-electron chi connectivity index (χ1n) is 35.1. The van der Waals surface area contributed by atoms with Crippen LogP contribution in [0.5, 0.6) is 0 Å². The minimum Gasteiger partial charge on any atom is -0.462 e. The van der Waals surface area contributed by atoms with Gasteiger partial charge in [-0.3, -0.25) is 14.4 Å². The maximum Gasteiger partial charge on any atom is 0.306 e. The Hall–Kier alpha value is -2.63. The molecular weight excluding hydrogens is 973 g/mol. The summed E-state index contributed by atoms with van der Waals surface area (Å²) >= 11 is 0. The normalized spacial score (nSPS) is 12.3. The summed E-state index contributed by atoms with van der Waals surface area (Å²) < 4.78 is 17.0. The van der Waals surface area contributed by atoms with Crippen molar-refractivity contribution in [2.24, 2.45) is 0 Å². The zero-order valence-corrected chi connectivity index (χ0v) is 53.2. The Kier molecular flexibility index (Phi) is 65.6. The van der Waals surface area contributed by atoms with Crippen molar-refractivity contribution in [1.29, 1.82) is 0 Å². The molecule has 0 aromatic rings. The fourth-order valence-corrected chi connectivity index (χ4v) is 10.5. The maximum atomic E-state index is 12.9. The van der Waals surface area contributed by atoms with E-state index in [-0.39, 0.29) is 31.1 Å². The Morgan fingerprint density at radius 1 is 0.253 bits per heavy atom. The van der Waals surface area contributed by atoms with E-state index >= 15 is 0 Å². The van der Waals surface area contributed by atoms with Gasteiger partial charge in [-0.25, -0.2) is 0 Å². The lowest BCUT2D eigenvalue weighted by molar-refractivity contribution is -0.167. The van der Waals surface area contributed by atoms with Crippen LogP contribution in [0.15, 0.2) is 48.6 Å². The summed E-state index contributed by atoms with van der Waals surface area (Å²) in [6.45, 7) is 6.68. The number of unbranched alkanes of at least 4 members (excludes halogenated alkanes) is 46. The molecule has 79 heavy (non-hydrogen) atoms. The fraction of sp³-hybridized carbons (Fsp3) is 0.849. The van der Waals surface area contributed by atoms with Crippen LogP contribution in [0.4, 0.5) is 0 Å². The molecule has 6 heteroatoms. The van der Waals surface area contributed by atoms with Crippen molar-refractivity contribution in [1.82, 2.24) is 0 Å². The van der Waals surface area contributed by atoms with Crippen molar-refractivity contribution in [3.63, 3.8) is 0 Å². The minimum absolute atomic E-state index is 0.0699. The predicted molar refractivity (Wildman–Crippen MR) is 344 cm³/mol. The first-order valence-corrected chi connectivity index (χ1v) is 35.1. The Labute approximate surface area is 492 Å². The second kappa shape index (κ2) is 67.9. The smallest absolute Gasteiger partial charge is 0.306 e. The van der Waals surface area contributed by atoms with Crippen LogP contribution in [0.2, 0.25) is 0 Å². The number of carbonyl (C=O) groups is 3. The number of carbonyl (C=O) groups excluding carboxylic acids is 3. The van der Waals surface area contributed by atoms with Crippen molar-refractivity contribution >= 4 is 17.9 Å². The molecule has 0 aliphatic rings. The molecule has 0 N–H and O–H groups in total. The number of hydrogen-bond acceptors (Lipinski definition) is 6. The third kappa shape index (κ3) is 66.1. The zero-order valence-electron chi connectivity index (χ0n) is 53.2. The van der Waals surface area contributed by atoms with Gasteiger partial charge in [0.05, 0.1) is 0 Å². The lowest BCUT2D eigenvalue weighted by Crippen LogP contribution is -2.30. The van der Waals surface area contributed by atoms with Gasteiger partial charge in [0.25, 0.3) is 0 Å². The average Bonchev–Trinajstić information content (AvgIpc) is 3.45. The summed E-state index contributed by atoms with van der Waals surface area (Å²) in [5.41, 5.74) is 0. The number of rotatable bonds is 65. The molecule has 6 nitrogen and oxygen atoms in total. The molecule has 0 aliphatic carbocycles. The quantitative estimate of drug-likeness (QED) is 0.0261. The Bertz CT molecular complexity index is 1360. The molecular formula is C73H134O6. The van der Waals surface area contributed by atoms with Gasteiger partial charge in [0.15, 0.2) is 6.10 Å². The van der Waals surface area contributed by atoms with Crippen LogP contribution in [0.1, 0.15) is 380 Å². The molecule has 0 spiro atoms. The SMILES string of the molecule is CCCCCCC/C=C\C/C=C\CCCCCCCCCCCCCCCCCC(=O)OCC(COC(=O)CCCCCCCCCCCCCCC)OC(=O)CCCCCCCCCCC/C=C\C/C=C\CCCCCCC. The topological polar surface area (TPSA) is 78.9 Å². The average molecular weight is 1110 g/mol. The largest absolute Gasteiger partial charge is 0.462 e. The van der Waals surface area contributed by atoms with Crippen LogP contribution in [0.3, 0.4) is 0 Å². The van der Waals surface area contributed by atoms with Gasteiger partial charge in [-0.05, 0) is 83.5 Å². The lowest BCUT2D eigenvalue weighted by atomic mass is 10.0. The van der Waals surface area contributed by atoms with E-state index in [1.807, 2.05) is 0 Å². The first kappa shape index (κ1) is 76.4. The number of ether oxygens (including phenoxy) is 3. The highest BCUT2D eigenvalue weighted by atomic mass is 16.6. The van der Waals surface area contributed by atoms with E-state index in [0.29, 0.717) is 19.3 Å². The molecule has 0 aliphatic heterocycles. The van der Waals surface area contributed by atoms with Gasteiger partial charge >= 0.3 is 17.9 Å². The van der Waals surface area contributed by atoms with Gasteiger partial charge in [0.1, 0.15) is 13.2 Å². The van der Waals surface area contributed by atoms with Crippen molar-refractivity contribution < 1.29 is 28.6 Å². The third-order valence-corrected chi connectivity index (χ3v) is 15.8. The highest BCUT2D eigenvalue weighted by Gasteiger charge is 2.19. The molecule has 1 atom stereocenters. The van der Waals surface area contributed by atoms with Crippen LogP contribution in [-0.4, -0.2) is 37.2 Å². The minimum atomic E-state index is -0.774. The molecule has 0 saturated carbocycles. The van der Waals surface area contributed by atoms with E-state index in [1.165, 1.54) is 270 Å². The standard InChI is InChI=1S/C73H134O6/c1-4-7-10-13-16-19-22-25-27-29-31-33-34-35-36-37-38-40-41-43-45-48-51-54-57-60-63-66-72(75)78-69-70(68-77-71(74)65-62-59-56-53-50-47-24-21-18-15-12-9-6-3)79-73(76)67-64-61-58-55-52-49-46-44-42-39-32-30-28-26-23-20-17-14-11-8-5-2/h22-23,25-26,29-32,70H,4-21,24,27-28,33-69H2,1-3H3/b25-22-,26-23-,31-29-,32-30-. The van der Waals surface area contributed by atoms with Crippen LogP contribution >= 0.6 is 0 Å². The summed E-state index contributed by atoms with van der Waals surface area (Å²) in [6.07, 6.45) is 85.6. The zero-order chi connectivity index (χ0) is 57.1. The van der Waals surface area contributed by atoms with E-state index in [0.717, 1.165) is 70.6 Å². The van der Waals surface area contributed by atoms with Crippen molar-refractivity contribution in [2.45, 2.75) is 386 Å². The van der Waals surface area contributed by atoms with Gasteiger partial charge in [0, 0.05) is 19.3 Å². The molecule has 1 unspecified atom stereocenters. The van der Waals surface area contributed by atoms with Crippen molar-refractivity contribution in [3.8, 4) is 0 Å². The Balaban J connectivity index is 4.24. The van der Waals surface area contributed by atoms with E-state index in [4.69, 9.17) is 14.2 Å². The summed E-state index contributed by atoms with van der Waals surface area (Å²) in [6, 6.07) is 0. The fourth-order valence-electron chi connectivity index (χ4n) is 10.5. The highest BCUT2D eigenvalue weighted by Crippen LogP contribution is 2.18. The molecule has 0 amide bonds. The molecule has 0 bridgehead atoms. The monoisotopic (exact) mass is 1110 g/mol. The van der Waals surface area contributed by atoms with Gasteiger partial charge < -0.3 is 14.2 Å². The van der Waals surface area contributed by atoms with Crippen LogP contribution in [-0.2, 0) is 28.6 Å². The first-order chi connectivity index (χ1) is 39.0. The third-order valence-electron chi connectivity index (χ3n) is 15.8. The number of hydrogen-bond donors (Lipinski definition) is 0. The van der Waals surface area contributed by atoms with Crippen LogP contribution in [0.25, 0.3) is 0 Å².